The second kappa shape index (κ2) is 6.12. The Morgan fingerprint density at radius 1 is 1.58 bits per heavy atom. The van der Waals surface area contributed by atoms with Crippen LogP contribution >= 0.6 is 15.9 Å². The number of nitrogens with zero attached hydrogens (tertiary/aromatic N) is 2. The number of carbonyl (C=O) groups excluding carboxylic acids is 1. The first kappa shape index (κ1) is 14.0. The van der Waals surface area contributed by atoms with Crippen LogP contribution in [0.1, 0.15) is 25.8 Å². The summed E-state index contributed by atoms with van der Waals surface area (Å²) in [6.07, 6.45) is 1.19. The minimum Gasteiger partial charge on any atom is -0.453 e. The van der Waals surface area contributed by atoms with Crippen molar-refractivity contribution >= 4 is 33.1 Å². The molecule has 2 rings (SSSR count). The van der Waals surface area contributed by atoms with Crippen molar-refractivity contribution in [3.63, 3.8) is 0 Å². The summed E-state index contributed by atoms with van der Waals surface area (Å²) in [4.78, 5) is 23.0. The fraction of sp³-hybridized carbons (Fsp3) is 0.417. The topological polar surface area (TPSA) is 77.1 Å². The van der Waals surface area contributed by atoms with Crippen molar-refractivity contribution in [1.29, 1.82) is 0 Å². The van der Waals surface area contributed by atoms with E-state index >= 15 is 0 Å². The third-order valence-electron chi connectivity index (χ3n) is 2.44. The van der Waals surface area contributed by atoms with Gasteiger partial charge in [0.1, 0.15) is 12.4 Å². The van der Waals surface area contributed by atoms with Crippen LogP contribution in [0.3, 0.4) is 0 Å². The third-order valence-corrected chi connectivity index (χ3v) is 2.87. The summed E-state index contributed by atoms with van der Waals surface area (Å²) >= 11 is 3.34. The van der Waals surface area contributed by atoms with Crippen LogP contribution in [0, 0.1) is 0 Å². The van der Waals surface area contributed by atoms with Gasteiger partial charge in [-0.25, -0.2) is 14.8 Å². The van der Waals surface area contributed by atoms with E-state index in [0.29, 0.717) is 18.1 Å². The van der Waals surface area contributed by atoms with Gasteiger partial charge >= 0.3 is 5.97 Å². The first-order chi connectivity index (χ1) is 9.10. The molecule has 1 atom stereocenters. The largest absolute Gasteiger partial charge is 0.453 e. The molecule has 0 aliphatic heterocycles. The van der Waals surface area contributed by atoms with Crippen molar-refractivity contribution < 1.29 is 14.3 Å². The van der Waals surface area contributed by atoms with Crippen LogP contribution in [-0.4, -0.2) is 34.1 Å². The monoisotopic (exact) mass is 327 g/mol. The predicted molar refractivity (Wildman–Crippen MR) is 72.6 cm³/mol. The number of aromatic nitrogens is 3. The van der Waals surface area contributed by atoms with Crippen molar-refractivity contribution in [3.05, 3.63) is 22.6 Å². The van der Waals surface area contributed by atoms with Crippen molar-refractivity contribution in [2.45, 2.75) is 20.0 Å². The van der Waals surface area contributed by atoms with Gasteiger partial charge in [-0.05, 0) is 35.8 Å². The highest BCUT2D eigenvalue weighted by Crippen LogP contribution is 2.19. The smallest absolute Gasteiger partial charge is 0.332 e. The van der Waals surface area contributed by atoms with Gasteiger partial charge in [-0.15, -0.1) is 0 Å². The molecule has 2 heterocycles. The van der Waals surface area contributed by atoms with E-state index in [-0.39, 0.29) is 6.61 Å². The molecule has 0 amide bonds. The molecule has 6 nitrogen and oxygen atoms in total. The fourth-order valence-corrected chi connectivity index (χ4v) is 1.89. The lowest BCUT2D eigenvalue weighted by molar-refractivity contribution is -0.154. The van der Waals surface area contributed by atoms with E-state index in [0.717, 1.165) is 9.99 Å². The number of ether oxygens (including phenoxy) is 2. The van der Waals surface area contributed by atoms with Crippen molar-refractivity contribution in [2.75, 3.05) is 13.2 Å². The quantitative estimate of drug-likeness (QED) is 0.853. The lowest BCUT2D eigenvalue weighted by Crippen LogP contribution is -2.15. The number of nitrogens with one attached hydrogen (secondary N) is 1. The Labute approximate surface area is 118 Å². The standard InChI is InChI=1S/C12H14BrN3O3/c1-3-18-6-10(17)19-7(2)11-15-9-4-8(13)5-14-12(9)16-11/h4-5,7H,3,6H2,1-2H3,(H,14,15,16)/t7-/m1/s1. The average Bonchev–Trinajstić information content (AvgIpc) is 2.79. The number of imidazole rings is 1. The SMILES string of the molecule is CCOCC(=O)O[C@H](C)c1nc2ncc(Br)cc2[nH]1. The van der Waals surface area contributed by atoms with Gasteiger partial charge < -0.3 is 14.5 Å². The molecule has 2 aromatic rings. The normalized spacial score (nSPS) is 12.6. The number of pyridine rings is 1. The lowest BCUT2D eigenvalue weighted by Gasteiger charge is -2.10. The van der Waals surface area contributed by atoms with E-state index in [1.165, 1.54) is 0 Å². The van der Waals surface area contributed by atoms with Crippen molar-refractivity contribution in [2.24, 2.45) is 0 Å². The Bertz CT molecular complexity index is 585. The van der Waals surface area contributed by atoms with Gasteiger partial charge in [0.2, 0.25) is 0 Å². The Balaban J connectivity index is 2.08. The Hall–Kier alpha value is -1.47. The highest BCUT2D eigenvalue weighted by atomic mass is 79.9. The van der Waals surface area contributed by atoms with Crippen LogP contribution in [0.4, 0.5) is 0 Å². The van der Waals surface area contributed by atoms with Crippen LogP contribution in [0.25, 0.3) is 11.2 Å². The van der Waals surface area contributed by atoms with E-state index in [1.54, 1.807) is 13.1 Å². The lowest BCUT2D eigenvalue weighted by atomic mass is 10.4. The summed E-state index contributed by atoms with van der Waals surface area (Å²) in [5, 5.41) is 0. The molecule has 1 N–H and O–H groups in total. The van der Waals surface area contributed by atoms with Gasteiger partial charge in [-0.2, -0.15) is 0 Å². The molecule has 0 saturated carbocycles. The summed E-state index contributed by atoms with van der Waals surface area (Å²) in [7, 11) is 0. The van der Waals surface area contributed by atoms with E-state index in [9.17, 15) is 4.79 Å². The molecule has 2 aromatic heterocycles. The number of esters is 1. The number of rotatable bonds is 5. The molecule has 0 aliphatic rings. The van der Waals surface area contributed by atoms with Crippen molar-refractivity contribution in [3.8, 4) is 0 Å². The summed E-state index contributed by atoms with van der Waals surface area (Å²) in [6, 6.07) is 1.87. The van der Waals surface area contributed by atoms with Gasteiger partial charge in [0, 0.05) is 17.3 Å². The van der Waals surface area contributed by atoms with Crippen LogP contribution in [-0.2, 0) is 14.3 Å². The summed E-state index contributed by atoms with van der Waals surface area (Å²) in [5.41, 5.74) is 1.38. The zero-order chi connectivity index (χ0) is 13.8. The number of carbonyl (C=O) groups is 1. The number of hydrogen-bond donors (Lipinski definition) is 1. The van der Waals surface area contributed by atoms with E-state index < -0.39 is 12.1 Å². The molecule has 19 heavy (non-hydrogen) atoms. The van der Waals surface area contributed by atoms with E-state index in [2.05, 4.69) is 30.9 Å². The number of hydrogen-bond acceptors (Lipinski definition) is 5. The second-order valence-electron chi connectivity index (χ2n) is 3.92. The maximum atomic E-state index is 11.4. The van der Waals surface area contributed by atoms with E-state index in [4.69, 9.17) is 9.47 Å². The minimum atomic E-state index is -0.471. The highest BCUT2D eigenvalue weighted by Gasteiger charge is 2.16. The molecular formula is C12H14BrN3O3. The summed E-state index contributed by atoms with van der Waals surface area (Å²) in [6.45, 7) is 3.99. The molecule has 0 radical (unpaired) electrons. The maximum absolute atomic E-state index is 11.4. The Kier molecular flexibility index (Phi) is 4.49. The molecular weight excluding hydrogens is 314 g/mol. The van der Waals surface area contributed by atoms with E-state index in [1.807, 2.05) is 13.0 Å². The van der Waals surface area contributed by atoms with Gasteiger partial charge in [0.05, 0.1) is 5.52 Å². The fourth-order valence-electron chi connectivity index (χ4n) is 1.56. The highest BCUT2D eigenvalue weighted by molar-refractivity contribution is 9.10. The van der Waals surface area contributed by atoms with Gasteiger partial charge in [-0.1, -0.05) is 0 Å². The molecule has 7 heteroatoms. The minimum absolute atomic E-state index is 0.0507. The third kappa shape index (κ3) is 3.51. The predicted octanol–water partition coefficient (Wildman–Crippen LogP) is 2.36. The first-order valence-electron chi connectivity index (χ1n) is 5.88. The van der Waals surface area contributed by atoms with Crippen LogP contribution < -0.4 is 0 Å². The number of halogens is 1. The second-order valence-corrected chi connectivity index (χ2v) is 4.83. The van der Waals surface area contributed by atoms with Crippen LogP contribution in [0.2, 0.25) is 0 Å². The summed E-state index contributed by atoms with van der Waals surface area (Å²) < 4.78 is 11.0. The molecule has 0 aliphatic carbocycles. The van der Waals surface area contributed by atoms with Gasteiger partial charge in [-0.3, -0.25) is 0 Å². The van der Waals surface area contributed by atoms with Crippen molar-refractivity contribution in [1.82, 2.24) is 15.0 Å². The van der Waals surface area contributed by atoms with Gasteiger partial charge in [0.25, 0.3) is 0 Å². The number of H-pyrrole nitrogens is 1. The molecule has 0 bridgehead atoms. The Morgan fingerprint density at radius 3 is 3.11 bits per heavy atom. The number of aromatic amines is 1. The van der Waals surface area contributed by atoms with Crippen LogP contribution in [0.15, 0.2) is 16.7 Å². The van der Waals surface area contributed by atoms with Gasteiger partial charge in [0.15, 0.2) is 11.8 Å². The zero-order valence-electron chi connectivity index (χ0n) is 10.6. The molecule has 102 valence electrons. The Morgan fingerprint density at radius 2 is 2.37 bits per heavy atom. The molecule has 0 unspecified atom stereocenters. The molecule has 0 spiro atoms. The molecule has 0 fully saturated rings. The average molecular weight is 328 g/mol. The summed E-state index contributed by atoms with van der Waals surface area (Å²) in [5.74, 6) is 0.148. The maximum Gasteiger partial charge on any atom is 0.332 e. The molecule has 0 saturated heterocycles. The molecule has 0 aromatic carbocycles. The number of fused-ring (bicyclic) bond motifs is 1. The first-order valence-corrected chi connectivity index (χ1v) is 6.68. The van der Waals surface area contributed by atoms with Crippen LogP contribution in [0.5, 0.6) is 0 Å². The zero-order valence-corrected chi connectivity index (χ0v) is 12.2.